The maximum absolute atomic E-state index is 11.4. The van der Waals surface area contributed by atoms with Crippen LogP contribution in [0, 0.1) is 0 Å². The van der Waals surface area contributed by atoms with Crippen molar-refractivity contribution in [3.05, 3.63) is 24.3 Å². The largest absolute Gasteiger partial charge is 0.492 e. The minimum atomic E-state index is -3.75. The molecule has 0 amide bonds. The van der Waals surface area contributed by atoms with Crippen LogP contribution >= 0.6 is 10.7 Å². The van der Waals surface area contributed by atoms with E-state index in [0.29, 0.717) is 12.4 Å². The van der Waals surface area contributed by atoms with Crippen molar-refractivity contribution in [2.45, 2.75) is 76.0 Å². The van der Waals surface area contributed by atoms with Crippen LogP contribution in [0.4, 0.5) is 0 Å². The van der Waals surface area contributed by atoms with E-state index < -0.39 is 9.05 Å². The summed E-state index contributed by atoms with van der Waals surface area (Å²) in [6.07, 6.45) is 12.6. The van der Waals surface area contributed by atoms with Gasteiger partial charge in [0.15, 0.2) is 0 Å². The Kier molecular flexibility index (Phi) is 10.4. The van der Waals surface area contributed by atoms with E-state index in [4.69, 9.17) is 15.4 Å². The number of halogens is 1. The summed E-state index contributed by atoms with van der Waals surface area (Å²) in [6, 6.07) is 6.50. The number of rotatable bonds is 13. The zero-order chi connectivity index (χ0) is 17.0. The lowest BCUT2D eigenvalue weighted by Gasteiger charge is -2.09. The lowest BCUT2D eigenvalue weighted by atomic mass is 10.1. The van der Waals surface area contributed by atoms with Crippen molar-refractivity contribution in [3.63, 3.8) is 0 Å². The van der Waals surface area contributed by atoms with Gasteiger partial charge in [-0.1, -0.05) is 76.8 Å². The van der Waals surface area contributed by atoms with E-state index in [2.05, 4.69) is 6.92 Å². The van der Waals surface area contributed by atoms with Gasteiger partial charge >= 0.3 is 0 Å². The standard InChI is InChI=1S/C18H29ClO3S/c1-2-3-4-5-6-7-8-9-10-13-16-22-17-14-11-12-15-18(17)23(19,20)21/h11-12,14-15H,2-10,13,16H2,1H3. The maximum Gasteiger partial charge on any atom is 0.264 e. The second kappa shape index (κ2) is 11.7. The summed E-state index contributed by atoms with van der Waals surface area (Å²) in [5.74, 6) is 0.346. The van der Waals surface area contributed by atoms with Gasteiger partial charge in [0, 0.05) is 10.7 Å². The molecule has 0 bridgehead atoms. The molecule has 0 aromatic heterocycles. The van der Waals surface area contributed by atoms with Gasteiger partial charge in [-0.3, -0.25) is 0 Å². The molecule has 1 aromatic carbocycles. The summed E-state index contributed by atoms with van der Waals surface area (Å²) >= 11 is 0. The summed E-state index contributed by atoms with van der Waals surface area (Å²) in [5, 5.41) is 0. The van der Waals surface area contributed by atoms with Gasteiger partial charge in [0.1, 0.15) is 10.6 Å². The molecule has 0 radical (unpaired) electrons. The smallest absolute Gasteiger partial charge is 0.264 e. The van der Waals surface area contributed by atoms with E-state index in [9.17, 15) is 8.42 Å². The van der Waals surface area contributed by atoms with E-state index in [1.54, 1.807) is 18.2 Å². The molecule has 0 aliphatic carbocycles. The second-order valence-corrected chi connectivity index (χ2v) is 8.45. The molecule has 0 atom stereocenters. The third-order valence-corrected chi connectivity index (χ3v) is 5.23. The number of unbranched alkanes of at least 4 members (excludes halogenated alkanes) is 9. The fourth-order valence-corrected chi connectivity index (χ4v) is 3.53. The summed E-state index contributed by atoms with van der Waals surface area (Å²) < 4.78 is 28.5. The lowest BCUT2D eigenvalue weighted by molar-refractivity contribution is 0.297. The van der Waals surface area contributed by atoms with Crippen molar-refractivity contribution in [3.8, 4) is 5.75 Å². The predicted molar refractivity (Wildman–Crippen MR) is 96.8 cm³/mol. The Hall–Kier alpha value is -0.740. The molecule has 5 heteroatoms. The first-order valence-electron chi connectivity index (χ1n) is 8.72. The summed E-state index contributed by atoms with van der Waals surface area (Å²) in [5.41, 5.74) is 0. The second-order valence-electron chi connectivity index (χ2n) is 5.92. The minimum absolute atomic E-state index is 0.0498. The zero-order valence-electron chi connectivity index (χ0n) is 14.1. The zero-order valence-corrected chi connectivity index (χ0v) is 15.7. The number of ether oxygens (including phenoxy) is 1. The number of benzene rings is 1. The van der Waals surface area contributed by atoms with Crippen molar-refractivity contribution >= 4 is 19.7 Å². The molecule has 132 valence electrons. The average molecular weight is 361 g/mol. The maximum atomic E-state index is 11.4. The van der Waals surface area contributed by atoms with Crippen molar-refractivity contribution in [1.29, 1.82) is 0 Å². The van der Waals surface area contributed by atoms with Crippen molar-refractivity contribution in [2.75, 3.05) is 6.61 Å². The van der Waals surface area contributed by atoms with Gasteiger partial charge in [-0.25, -0.2) is 8.42 Å². The molecule has 0 fully saturated rings. The van der Waals surface area contributed by atoms with Crippen LogP contribution in [-0.4, -0.2) is 15.0 Å². The van der Waals surface area contributed by atoms with Gasteiger partial charge in [0.25, 0.3) is 9.05 Å². The third-order valence-electron chi connectivity index (χ3n) is 3.87. The van der Waals surface area contributed by atoms with Crippen LogP contribution in [0.1, 0.15) is 71.1 Å². The highest BCUT2D eigenvalue weighted by Gasteiger charge is 2.15. The minimum Gasteiger partial charge on any atom is -0.492 e. The first-order chi connectivity index (χ1) is 11.1. The normalized spacial score (nSPS) is 11.6. The van der Waals surface area contributed by atoms with Gasteiger partial charge < -0.3 is 4.74 Å². The fourth-order valence-electron chi connectivity index (χ4n) is 2.54. The van der Waals surface area contributed by atoms with E-state index in [0.717, 1.165) is 12.8 Å². The van der Waals surface area contributed by atoms with Crippen LogP contribution in [0.2, 0.25) is 0 Å². The van der Waals surface area contributed by atoms with Crippen LogP contribution in [0.25, 0.3) is 0 Å². The Labute approximate surface area is 145 Å². The predicted octanol–water partition coefficient (Wildman–Crippen LogP) is 5.91. The van der Waals surface area contributed by atoms with Gasteiger partial charge in [0.05, 0.1) is 6.61 Å². The quantitative estimate of drug-likeness (QED) is 0.324. The number of hydrogen-bond acceptors (Lipinski definition) is 3. The Balaban J connectivity index is 2.10. The topological polar surface area (TPSA) is 43.4 Å². The Morgan fingerprint density at radius 1 is 0.870 bits per heavy atom. The van der Waals surface area contributed by atoms with Crippen LogP contribution < -0.4 is 4.74 Å². The highest BCUT2D eigenvalue weighted by atomic mass is 35.7. The van der Waals surface area contributed by atoms with E-state index in [1.807, 2.05) is 0 Å². The Morgan fingerprint density at radius 2 is 1.39 bits per heavy atom. The van der Waals surface area contributed by atoms with E-state index in [1.165, 1.54) is 57.4 Å². The van der Waals surface area contributed by atoms with Gasteiger partial charge in [-0.15, -0.1) is 0 Å². The van der Waals surface area contributed by atoms with Crippen LogP contribution in [0.5, 0.6) is 5.75 Å². The Morgan fingerprint density at radius 3 is 1.96 bits per heavy atom. The van der Waals surface area contributed by atoms with Gasteiger partial charge in [0.2, 0.25) is 0 Å². The molecule has 0 N–H and O–H groups in total. The van der Waals surface area contributed by atoms with E-state index >= 15 is 0 Å². The van der Waals surface area contributed by atoms with E-state index in [-0.39, 0.29) is 4.90 Å². The molecule has 0 aliphatic heterocycles. The molecule has 0 spiro atoms. The average Bonchev–Trinajstić information content (AvgIpc) is 2.52. The van der Waals surface area contributed by atoms with Crippen LogP contribution in [0.3, 0.4) is 0 Å². The molecule has 0 heterocycles. The molecule has 23 heavy (non-hydrogen) atoms. The SMILES string of the molecule is CCCCCCCCCCCCOc1ccccc1S(=O)(=O)Cl. The van der Waals surface area contributed by atoms with Crippen molar-refractivity contribution in [1.82, 2.24) is 0 Å². The first-order valence-corrected chi connectivity index (χ1v) is 11.0. The number of hydrogen-bond donors (Lipinski definition) is 0. The summed E-state index contributed by atoms with van der Waals surface area (Å²) in [6.45, 7) is 2.77. The number of para-hydroxylation sites is 1. The lowest BCUT2D eigenvalue weighted by Crippen LogP contribution is -2.02. The highest BCUT2D eigenvalue weighted by Crippen LogP contribution is 2.26. The fraction of sp³-hybridized carbons (Fsp3) is 0.667. The first kappa shape index (κ1) is 20.3. The molecule has 0 unspecified atom stereocenters. The van der Waals surface area contributed by atoms with Crippen LogP contribution in [0.15, 0.2) is 29.2 Å². The molecule has 1 aromatic rings. The molecular weight excluding hydrogens is 332 g/mol. The molecule has 3 nitrogen and oxygen atoms in total. The van der Waals surface area contributed by atoms with Crippen molar-refractivity contribution in [2.24, 2.45) is 0 Å². The van der Waals surface area contributed by atoms with Gasteiger partial charge in [-0.05, 0) is 18.6 Å². The van der Waals surface area contributed by atoms with Crippen LogP contribution in [-0.2, 0) is 9.05 Å². The molecule has 0 saturated carbocycles. The van der Waals surface area contributed by atoms with Gasteiger partial charge in [-0.2, -0.15) is 0 Å². The Bertz CT molecular complexity index is 529. The molecule has 1 rings (SSSR count). The monoisotopic (exact) mass is 360 g/mol. The molecular formula is C18H29ClO3S. The third kappa shape index (κ3) is 9.21. The summed E-state index contributed by atoms with van der Waals surface area (Å²) in [7, 11) is 1.65. The van der Waals surface area contributed by atoms with Crippen molar-refractivity contribution < 1.29 is 13.2 Å². The molecule has 0 aliphatic rings. The molecule has 0 saturated heterocycles. The summed E-state index contributed by atoms with van der Waals surface area (Å²) in [4.78, 5) is 0.0498. The highest BCUT2D eigenvalue weighted by molar-refractivity contribution is 8.13.